The molecule has 1 saturated heterocycles. The molecule has 126 valence electrons. The molecule has 1 fully saturated rings. The molecule has 0 spiro atoms. The Morgan fingerprint density at radius 1 is 1.43 bits per heavy atom. The van der Waals surface area contributed by atoms with Crippen molar-refractivity contribution in [3.63, 3.8) is 0 Å². The van der Waals surface area contributed by atoms with Crippen molar-refractivity contribution in [3.8, 4) is 0 Å². The molecule has 3 atom stereocenters. The number of rotatable bonds is 5. The standard InChI is InChI=1S/C16H19F2NO4/c1-9(12-4-3-10(17)6-13(12)18)5-15(20)19-8-11(23-2)7-14(19)16(21)22/h3-4,6,9,11,14H,5,7-8H2,1-2H3,(H,21,22). The van der Waals surface area contributed by atoms with Gasteiger partial charge in [0.25, 0.3) is 0 Å². The number of carboxylic acids is 1. The fraction of sp³-hybridized carbons (Fsp3) is 0.500. The van der Waals surface area contributed by atoms with Gasteiger partial charge in [-0.2, -0.15) is 0 Å². The van der Waals surface area contributed by atoms with E-state index in [0.29, 0.717) is 0 Å². The molecule has 7 heteroatoms. The van der Waals surface area contributed by atoms with Gasteiger partial charge in [0.05, 0.1) is 6.10 Å². The van der Waals surface area contributed by atoms with Crippen LogP contribution in [-0.2, 0) is 14.3 Å². The minimum atomic E-state index is -1.08. The summed E-state index contributed by atoms with van der Waals surface area (Å²) in [6, 6.07) is 2.28. The molecule has 1 aliphatic rings. The second-order valence-corrected chi connectivity index (χ2v) is 5.76. The Balaban J connectivity index is 2.09. The summed E-state index contributed by atoms with van der Waals surface area (Å²) in [7, 11) is 1.47. The third-order valence-electron chi connectivity index (χ3n) is 4.18. The number of hydrogen-bond acceptors (Lipinski definition) is 3. The van der Waals surface area contributed by atoms with Crippen molar-refractivity contribution in [2.45, 2.75) is 37.8 Å². The average molecular weight is 327 g/mol. The summed E-state index contributed by atoms with van der Waals surface area (Å²) < 4.78 is 31.9. The summed E-state index contributed by atoms with van der Waals surface area (Å²) in [5, 5.41) is 9.22. The van der Waals surface area contributed by atoms with Crippen molar-refractivity contribution in [1.82, 2.24) is 4.90 Å². The van der Waals surface area contributed by atoms with E-state index < -0.39 is 29.6 Å². The maximum atomic E-state index is 13.8. The number of likely N-dealkylation sites (tertiary alicyclic amines) is 1. The highest BCUT2D eigenvalue weighted by Crippen LogP contribution is 2.27. The molecule has 1 N–H and O–H groups in total. The van der Waals surface area contributed by atoms with Gasteiger partial charge in [-0.05, 0) is 17.5 Å². The van der Waals surface area contributed by atoms with Crippen molar-refractivity contribution in [3.05, 3.63) is 35.4 Å². The Labute approximate surface area is 132 Å². The van der Waals surface area contributed by atoms with Gasteiger partial charge in [-0.3, -0.25) is 4.79 Å². The fourth-order valence-corrected chi connectivity index (χ4v) is 2.87. The van der Waals surface area contributed by atoms with E-state index in [9.17, 15) is 23.5 Å². The number of carboxylic acid groups (broad SMARTS) is 1. The number of nitrogens with zero attached hydrogens (tertiary/aromatic N) is 1. The van der Waals surface area contributed by atoms with Crippen LogP contribution < -0.4 is 0 Å². The predicted octanol–water partition coefficient (Wildman–Crippen LogP) is 2.16. The highest BCUT2D eigenvalue weighted by Gasteiger charge is 2.40. The summed E-state index contributed by atoms with van der Waals surface area (Å²) in [5.41, 5.74) is 0.231. The smallest absolute Gasteiger partial charge is 0.326 e. The first-order chi connectivity index (χ1) is 10.8. The second kappa shape index (κ2) is 7.04. The van der Waals surface area contributed by atoms with E-state index in [0.717, 1.165) is 12.1 Å². The van der Waals surface area contributed by atoms with E-state index >= 15 is 0 Å². The maximum Gasteiger partial charge on any atom is 0.326 e. The molecule has 1 amide bonds. The van der Waals surface area contributed by atoms with Gasteiger partial charge >= 0.3 is 5.97 Å². The van der Waals surface area contributed by atoms with Crippen molar-refractivity contribution < 1.29 is 28.2 Å². The Bertz CT molecular complexity index is 608. The van der Waals surface area contributed by atoms with E-state index in [-0.39, 0.29) is 37.0 Å². The molecular formula is C16H19F2NO4. The first-order valence-electron chi connectivity index (χ1n) is 7.33. The van der Waals surface area contributed by atoms with Gasteiger partial charge < -0.3 is 14.7 Å². The third kappa shape index (κ3) is 3.85. The molecule has 5 nitrogen and oxygen atoms in total. The number of halogens is 2. The first kappa shape index (κ1) is 17.3. The summed E-state index contributed by atoms with van der Waals surface area (Å²) >= 11 is 0. The van der Waals surface area contributed by atoms with Crippen LogP contribution in [0.2, 0.25) is 0 Å². The minimum Gasteiger partial charge on any atom is -0.480 e. The van der Waals surface area contributed by atoms with E-state index in [1.165, 1.54) is 18.1 Å². The molecule has 1 heterocycles. The zero-order valence-electron chi connectivity index (χ0n) is 13.0. The highest BCUT2D eigenvalue weighted by atomic mass is 19.1. The minimum absolute atomic E-state index is 0.0528. The van der Waals surface area contributed by atoms with Crippen LogP contribution in [-0.4, -0.2) is 47.7 Å². The molecule has 0 aliphatic carbocycles. The molecule has 0 aromatic heterocycles. The number of carbonyl (C=O) groups is 2. The predicted molar refractivity (Wildman–Crippen MR) is 77.9 cm³/mol. The largest absolute Gasteiger partial charge is 0.480 e. The lowest BCUT2D eigenvalue weighted by atomic mass is 9.96. The van der Waals surface area contributed by atoms with Crippen LogP contribution in [0.4, 0.5) is 8.78 Å². The number of carbonyl (C=O) groups excluding carboxylic acids is 1. The van der Waals surface area contributed by atoms with Crippen LogP contribution >= 0.6 is 0 Å². The molecule has 0 saturated carbocycles. The lowest BCUT2D eigenvalue weighted by Crippen LogP contribution is -2.41. The lowest BCUT2D eigenvalue weighted by molar-refractivity contribution is -0.148. The number of ether oxygens (including phenoxy) is 1. The second-order valence-electron chi connectivity index (χ2n) is 5.76. The number of hydrogen-bond donors (Lipinski definition) is 1. The number of benzene rings is 1. The van der Waals surface area contributed by atoms with Crippen molar-refractivity contribution in [1.29, 1.82) is 0 Å². The molecule has 0 bridgehead atoms. The monoisotopic (exact) mass is 327 g/mol. The summed E-state index contributed by atoms with van der Waals surface area (Å²) in [5.74, 6) is -3.35. The van der Waals surface area contributed by atoms with Crippen LogP contribution in [0, 0.1) is 11.6 Å². The molecule has 2 rings (SSSR count). The highest BCUT2D eigenvalue weighted by molar-refractivity contribution is 5.84. The van der Waals surface area contributed by atoms with Gasteiger partial charge in [0.2, 0.25) is 5.91 Å². The van der Waals surface area contributed by atoms with E-state index in [1.54, 1.807) is 6.92 Å². The average Bonchev–Trinajstić information content (AvgIpc) is 2.91. The van der Waals surface area contributed by atoms with Crippen LogP contribution in [0.25, 0.3) is 0 Å². The molecule has 0 radical (unpaired) electrons. The molecule has 23 heavy (non-hydrogen) atoms. The normalized spacial score (nSPS) is 22.2. The zero-order chi connectivity index (χ0) is 17.1. The molecule has 1 aromatic carbocycles. The molecule has 1 aliphatic heterocycles. The van der Waals surface area contributed by atoms with E-state index in [1.807, 2.05) is 0 Å². The Hall–Kier alpha value is -2.02. The van der Waals surface area contributed by atoms with Gasteiger partial charge in [-0.25, -0.2) is 13.6 Å². The van der Waals surface area contributed by atoms with Crippen LogP contribution in [0.1, 0.15) is 31.2 Å². The fourth-order valence-electron chi connectivity index (χ4n) is 2.87. The molecule has 3 unspecified atom stereocenters. The SMILES string of the molecule is COC1CC(C(=O)O)N(C(=O)CC(C)c2ccc(F)cc2F)C1. The Kier molecular flexibility index (Phi) is 5.30. The molecule has 1 aromatic rings. The van der Waals surface area contributed by atoms with Crippen molar-refractivity contribution in [2.24, 2.45) is 0 Å². The van der Waals surface area contributed by atoms with Crippen molar-refractivity contribution in [2.75, 3.05) is 13.7 Å². The van der Waals surface area contributed by atoms with Crippen molar-refractivity contribution >= 4 is 11.9 Å². The van der Waals surface area contributed by atoms with E-state index in [4.69, 9.17) is 4.74 Å². The number of methoxy groups -OCH3 is 1. The van der Waals surface area contributed by atoms with Gasteiger partial charge in [0.15, 0.2) is 0 Å². The third-order valence-corrected chi connectivity index (χ3v) is 4.18. The van der Waals surface area contributed by atoms with Gasteiger partial charge in [-0.1, -0.05) is 13.0 Å². The van der Waals surface area contributed by atoms with Crippen LogP contribution in [0.5, 0.6) is 0 Å². The number of amides is 1. The Morgan fingerprint density at radius 2 is 2.13 bits per heavy atom. The summed E-state index contributed by atoms with van der Waals surface area (Å²) in [6.07, 6.45) is -0.141. The Morgan fingerprint density at radius 3 is 2.70 bits per heavy atom. The van der Waals surface area contributed by atoms with E-state index in [2.05, 4.69) is 0 Å². The summed E-state index contributed by atoms with van der Waals surface area (Å²) in [4.78, 5) is 24.9. The maximum absolute atomic E-state index is 13.8. The quantitative estimate of drug-likeness (QED) is 0.900. The summed E-state index contributed by atoms with van der Waals surface area (Å²) in [6.45, 7) is 1.85. The van der Waals surface area contributed by atoms with Crippen LogP contribution in [0.3, 0.4) is 0 Å². The molecular weight excluding hydrogens is 308 g/mol. The van der Waals surface area contributed by atoms with Gasteiger partial charge in [0.1, 0.15) is 17.7 Å². The van der Waals surface area contributed by atoms with Gasteiger partial charge in [-0.15, -0.1) is 0 Å². The first-order valence-corrected chi connectivity index (χ1v) is 7.33. The topological polar surface area (TPSA) is 66.8 Å². The number of aliphatic carboxylic acids is 1. The van der Waals surface area contributed by atoms with Crippen LogP contribution in [0.15, 0.2) is 18.2 Å². The zero-order valence-corrected chi connectivity index (χ0v) is 13.0. The lowest BCUT2D eigenvalue weighted by Gasteiger charge is -2.23. The van der Waals surface area contributed by atoms with Gasteiger partial charge in [0, 0.05) is 32.6 Å².